The first-order chi connectivity index (χ1) is 3.83. The van der Waals surface area contributed by atoms with Crippen molar-refractivity contribution in [2.45, 2.75) is 13.3 Å². The molecule has 1 heterocycles. The van der Waals surface area contributed by atoms with Crippen molar-refractivity contribution in [2.75, 3.05) is 0 Å². The van der Waals surface area contributed by atoms with Gasteiger partial charge < -0.3 is 6.92 Å². The SMILES string of the molecule is [CH2-]c1nc(CC)cs1.[W]. The van der Waals surface area contributed by atoms with E-state index in [1.807, 2.05) is 5.38 Å². The van der Waals surface area contributed by atoms with Gasteiger partial charge in [-0.2, -0.15) is 11.3 Å². The normalized spacial score (nSPS) is 8.56. The Bertz CT molecular complexity index is 173. The first kappa shape index (κ1) is 9.19. The molecule has 3 heteroatoms. The zero-order valence-electron chi connectivity index (χ0n) is 5.26. The van der Waals surface area contributed by atoms with E-state index < -0.39 is 0 Å². The van der Waals surface area contributed by atoms with Gasteiger partial charge in [-0.1, -0.05) is 6.92 Å². The average molecular weight is 310 g/mol. The van der Waals surface area contributed by atoms with Crippen molar-refractivity contribution in [3.63, 3.8) is 0 Å². The minimum absolute atomic E-state index is 0. The average Bonchev–Trinajstić information content (AvgIpc) is 2.14. The summed E-state index contributed by atoms with van der Waals surface area (Å²) in [6.07, 6.45) is 1.02. The number of nitrogens with zero attached hydrogens (tertiary/aromatic N) is 1. The van der Waals surface area contributed by atoms with Crippen molar-refractivity contribution in [3.05, 3.63) is 23.0 Å². The maximum Gasteiger partial charge on any atom is 0.0481 e. The molecule has 1 aromatic heterocycles. The van der Waals surface area contributed by atoms with Crippen LogP contribution in [0.1, 0.15) is 17.6 Å². The van der Waals surface area contributed by atoms with Crippen molar-refractivity contribution in [1.29, 1.82) is 0 Å². The molecule has 0 amide bonds. The van der Waals surface area contributed by atoms with Crippen LogP contribution in [0.2, 0.25) is 0 Å². The summed E-state index contributed by atoms with van der Waals surface area (Å²) in [6.45, 7) is 5.79. The Labute approximate surface area is 73.8 Å². The molecule has 0 aromatic carbocycles. The van der Waals surface area contributed by atoms with E-state index >= 15 is 0 Å². The Kier molecular flexibility index (Phi) is 4.16. The van der Waals surface area contributed by atoms with E-state index in [0.717, 1.165) is 17.1 Å². The molecule has 50 valence electrons. The minimum Gasteiger partial charge on any atom is -0.347 e. The largest absolute Gasteiger partial charge is 0.347 e. The zero-order chi connectivity index (χ0) is 5.98. The molecule has 0 aliphatic carbocycles. The number of thiazole rings is 1. The van der Waals surface area contributed by atoms with Gasteiger partial charge in [0.05, 0.1) is 0 Å². The summed E-state index contributed by atoms with van der Waals surface area (Å²) >= 11 is 1.61. The molecule has 0 saturated carbocycles. The molecular weight excluding hydrogens is 302 g/mol. The number of hydrogen-bond acceptors (Lipinski definition) is 2. The molecule has 0 fully saturated rings. The molecule has 0 bridgehead atoms. The molecule has 0 radical (unpaired) electrons. The molecule has 0 spiro atoms. The van der Waals surface area contributed by atoms with Crippen LogP contribution < -0.4 is 0 Å². The quantitative estimate of drug-likeness (QED) is 0.722. The number of aromatic nitrogens is 1. The molecule has 0 N–H and O–H groups in total. The van der Waals surface area contributed by atoms with Gasteiger partial charge in [0.1, 0.15) is 0 Å². The summed E-state index contributed by atoms with van der Waals surface area (Å²) in [7, 11) is 0. The third kappa shape index (κ3) is 2.51. The van der Waals surface area contributed by atoms with Crippen LogP contribution in [0.3, 0.4) is 0 Å². The van der Waals surface area contributed by atoms with Gasteiger partial charge in [0.15, 0.2) is 0 Å². The predicted octanol–water partition coefficient (Wildman–Crippen LogP) is 1.89. The maximum absolute atomic E-state index is 4.14. The Morgan fingerprint density at radius 1 is 1.78 bits per heavy atom. The van der Waals surface area contributed by atoms with Crippen LogP contribution in [0.4, 0.5) is 0 Å². The Morgan fingerprint density at radius 3 is 2.67 bits per heavy atom. The molecule has 0 aliphatic heterocycles. The summed E-state index contributed by atoms with van der Waals surface area (Å²) < 4.78 is 0. The second kappa shape index (κ2) is 4.08. The van der Waals surface area contributed by atoms with Gasteiger partial charge in [-0.25, -0.2) is 0 Å². The van der Waals surface area contributed by atoms with Crippen molar-refractivity contribution in [2.24, 2.45) is 0 Å². The van der Waals surface area contributed by atoms with E-state index in [1.165, 1.54) is 0 Å². The van der Waals surface area contributed by atoms with Crippen LogP contribution >= 0.6 is 11.3 Å². The number of hydrogen-bond donors (Lipinski definition) is 0. The van der Waals surface area contributed by atoms with Crippen molar-refractivity contribution < 1.29 is 21.1 Å². The van der Waals surface area contributed by atoms with Crippen LogP contribution in [0.5, 0.6) is 0 Å². The maximum atomic E-state index is 4.14. The molecule has 0 unspecified atom stereocenters. The topological polar surface area (TPSA) is 12.9 Å². The molecule has 1 aromatic rings. The third-order valence-electron chi connectivity index (χ3n) is 0.962. The Morgan fingerprint density at radius 2 is 2.44 bits per heavy atom. The first-order valence-corrected chi connectivity index (χ1v) is 3.47. The standard InChI is InChI=1S/C6H8NS.W/c1-3-6-4-8-5(2)7-6;/h4H,2-3H2,1H3;/q-1;. The van der Waals surface area contributed by atoms with Gasteiger partial charge >= 0.3 is 0 Å². The van der Waals surface area contributed by atoms with E-state index in [2.05, 4.69) is 18.8 Å². The molecule has 0 atom stereocenters. The molecule has 9 heavy (non-hydrogen) atoms. The third-order valence-corrected chi connectivity index (χ3v) is 1.71. The van der Waals surface area contributed by atoms with Crippen LogP contribution in [0, 0.1) is 6.92 Å². The second-order valence-corrected chi connectivity index (χ2v) is 2.53. The zero-order valence-corrected chi connectivity index (χ0v) is 9.01. The van der Waals surface area contributed by atoms with Crippen molar-refractivity contribution >= 4 is 11.3 Å². The van der Waals surface area contributed by atoms with Gasteiger partial charge in [0.2, 0.25) is 0 Å². The van der Waals surface area contributed by atoms with Crippen molar-refractivity contribution in [1.82, 2.24) is 4.98 Å². The monoisotopic (exact) mass is 310 g/mol. The second-order valence-electron chi connectivity index (χ2n) is 1.59. The van der Waals surface area contributed by atoms with E-state index in [1.54, 1.807) is 11.3 Å². The summed E-state index contributed by atoms with van der Waals surface area (Å²) in [5.74, 6) is 0. The fourth-order valence-corrected chi connectivity index (χ4v) is 1.17. The summed E-state index contributed by atoms with van der Waals surface area (Å²) in [6, 6.07) is 0. The Balaban J connectivity index is 0.000000640. The van der Waals surface area contributed by atoms with E-state index in [0.29, 0.717) is 0 Å². The van der Waals surface area contributed by atoms with Gasteiger partial charge in [-0.05, 0) is 11.4 Å². The Hall–Kier alpha value is 0.188. The fourth-order valence-electron chi connectivity index (χ4n) is 0.511. The van der Waals surface area contributed by atoms with E-state index in [-0.39, 0.29) is 21.1 Å². The summed E-state index contributed by atoms with van der Waals surface area (Å²) in [4.78, 5) is 4.14. The van der Waals surface area contributed by atoms with E-state index in [9.17, 15) is 0 Å². The smallest absolute Gasteiger partial charge is 0.0481 e. The van der Waals surface area contributed by atoms with Crippen LogP contribution in [-0.4, -0.2) is 4.98 Å². The van der Waals surface area contributed by atoms with E-state index in [4.69, 9.17) is 0 Å². The summed E-state index contributed by atoms with van der Waals surface area (Å²) in [5.41, 5.74) is 1.15. The van der Waals surface area contributed by atoms with Gasteiger partial charge in [-0.3, -0.25) is 4.98 Å². The predicted molar refractivity (Wildman–Crippen MR) is 36.0 cm³/mol. The fraction of sp³-hybridized carbons (Fsp3) is 0.333. The van der Waals surface area contributed by atoms with Crippen LogP contribution in [0.15, 0.2) is 5.38 Å². The minimum atomic E-state index is 0. The summed E-state index contributed by atoms with van der Waals surface area (Å²) in [5, 5.41) is 2.96. The molecule has 1 nitrogen and oxygen atoms in total. The molecule has 0 aliphatic rings. The molecular formula is C6H8NSW-. The number of aryl methyl sites for hydroxylation is 1. The molecule has 1 rings (SSSR count). The van der Waals surface area contributed by atoms with Crippen LogP contribution in [-0.2, 0) is 27.5 Å². The van der Waals surface area contributed by atoms with Gasteiger partial charge in [0.25, 0.3) is 0 Å². The molecule has 0 saturated heterocycles. The number of rotatable bonds is 1. The first-order valence-electron chi connectivity index (χ1n) is 2.59. The van der Waals surface area contributed by atoms with Gasteiger partial charge in [-0.15, -0.1) is 0 Å². The van der Waals surface area contributed by atoms with Crippen LogP contribution in [0.25, 0.3) is 0 Å². The van der Waals surface area contributed by atoms with Gasteiger partial charge in [0, 0.05) is 32.1 Å². The van der Waals surface area contributed by atoms with Crippen molar-refractivity contribution in [3.8, 4) is 0 Å².